The van der Waals surface area contributed by atoms with Crippen molar-refractivity contribution in [1.82, 2.24) is 9.80 Å². The van der Waals surface area contributed by atoms with Gasteiger partial charge >= 0.3 is 0 Å². The molecule has 2 N–H and O–H groups in total. The first kappa shape index (κ1) is 16.4. The summed E-state index contributed by atoms with van der Waals surface area (Å²) in [5, 5.41) is 0. The van der Waals surface area contributed by atoms with Crippen molar-refractivity contribution >= 4 is 5.91 Å². The van der Waals surface area contributed by atoms with Crippen LogP contribution in [0.15, 0.2) is 0 Å². The molecule has 19 heavy (non-hydrogen) atoms. The average molecular weight is 269 g/mol. The fourth-order valence-corrected chi connectivity index (χ4v) is 3.08. The first-order valence-electron chi connectivity index (χ1n) is 7.80. The molecule has 1 saturated carbocycles. The van der Waals surface area contributed by atoms with Gasteiger partial charge in [-0.1, -0.05) is 12.8 Å². The van der Waals surface area contributed by atoms with Crippen molar-refractivity contribution in [2.24, 2.45) is 11.7 Å². The van der Waals surface area contributed by atoms with Gasteiger partial charge in [0.1, 0.15) is 0 Å². The zero-order valence-corrected chi connectivity index (χ0v) is 12.9. The van der Waals surface area contributed by atoms with Crippen LogP contribution in [0.3, 0.4) is 0 Å². The highest BCUT2D eigenvalue weighted by molar-refractivity contribution is 5.76. The Morgan fingerprint density at radius 2 is 1.84 bits per heavy atom. The fourth-order valence-electron chi connectivity index (χ4n) is 3.08. The van der Waals surface area contributed by atoms with Gasteiger partial charge in [0.05, 0.1) is 0 Å². The summed E-state index contributed by atoms with van der Waals surface area (Å²) in [5.74, 6) is 1.04. The zero-order chi connectivity index (χ0) is 14.3. The third-order valence-electron chi connectivity index (χ3n) is 4.44. The number of carbonyl (C=O) groups is 1. The molecule has 0 aromatic rings. The maximum absolute atomic E-state index is 12.2. The first-order chi connectivity index (χ1) is 9.12. The second-order valence-corrected chi connectivity index (χ2v) is 5.75. The minimum atomic E-state index is 0.189. The number of carbonyl (C=O) groups excluding carboxylic acids is 1. The van der Waals surface area contributed by atoms with E-state index in [-0.39, 0.29) is 11.9 Å². The lowest BCUT2D eigenvalue weighted by atomic mass is 10.1. The van der Waals surface area contributed by atoms with Crippen LogP contribution in [-0.4, -0.2) is 55.0 Å². The van der Waals surface area contributed by atoms with Gasteiger partial charge < -0.3 is 15.5 Å². The van der Waals surface area contributed by atoms with Crippen LogP contribution in [-0.2, 0) is 4.79 Å². The normalized spacial score (nSPS) is 17.9. The van der Waals surface area contributed by atoms with Crippen molar-refractivity contribution in [3.63, 3.8) is 0 Å². The molecule has 0 aromatic heterocycles. The van der Waals surface area contributed by atoms with Crippen LogP contribution in [0.5, 0.6) is 0 Å². The molecule has 112 valence electrons. The van der Waals surface area contributed by atoms with Crippen molar-refractivity contribution < 1.29 is 4.79 Å². The number of rotatable bonds is 8. The lowest BCUT2D eigenvalue weighted by Gasteiger charge is -2.30. The van der Waals surface area contributed by atoms with E-state index >= 15 is 0 Å². The lowest BCUT2D eigenvalue weighted by molar-refractivity contribution is -0.132. The average Bonchev–Trinajstić information content (AvgIpc) is 2.90. The van der Waals surface area contributed by atoms with Crippen molar-refractivity contribution in [2.45, 2.75) is 52.0 Å². The second kappa shape index (κ2) is 8.54. The molecular weight excluding hydrogens is 238 g/mol. The minimum Gasteiger partial charge on any atom is -0.343 e. The van der Waals surface area contributed by atoms with Gasteiger partial charge in [-0.2, -0.15) is 0 Å². The van der Waals surface area contributed by atoms with Crippen LogP contribution in [0.4, 0.5) is 0 Å². The molecule has 1 aliphatic carbocycles. The number of hydrogen-bond donors (Lipinski definition) is 1. The van der Waals surface area contributed by atoms with E-state index in [2.05, 4.69) is 11.9 Å². The van der Waals surface area contributed by atoms with Crippen LogP contribution in [0.25, 0.3) is 0 Å². The molecule has 1 fully saturated rings. The molecule has 0 bridgehead atoms. The number of nitrogens with zero attached hydrogens (tertiary/aromatic N) is 2. The Bertz CT molecular complexity index is 260. The molecule has 0 heterocycles. The number of amides is 1. The van der Waals surface area contributed by atoms with Crippen molar-refractivity contribution in [3.8, 4) is 0 Å². The van der Waals surface area contributed by atoms with E-state index in [4.69, 9.17) is 5.73 Å². The topological polar surface area (TPSA) is 49.6 Å². The Hall–Kier alpha value is -0.610. The number of likely N-dealkylation sites (N-methyl/N-ethyl adjacent to an activating group) is 1. The van der Waals surface area contributed by atoms with Crippen molar-refractivity contribution in [1.29, 1.82) is 0 Å². The van der Waals surface area contributed by atoms with Crippen LogP contribution >= 0.6 is 0 Å². The van der Waals surface area contributed by atoms with Crippen LogP contribution in [0.2, 0.25) is 0 Å². The molecule has 1 rings (SSSR count). The highest BCUT2D eigenvalue weighted by Crippen LogP contribution is 2.25. The van der Waals surface area contributed by atoms with Gasteiger partial charge in [0.15, 0.2) is 0 Å². The number of nitrogens with two attached hydrogens (primary N) is 1. The molecule has 1 unspecified atom stereocenters. The third-order valence-corrected chi connectivity index (χ3v) is 4.44. The SMILES string of the molecule is CCN(CC)C(=O)CC(CN)N(C)CC1CCCC1. The summed E-state index contributed by atoms with van der Waals surface area (Å²) >= 11 is 0. The molecule has 1 aliphatic rings. The Kier molecular flexibility index (Phi) is 7.39. The van der Waals surface area contributed by atoms with Crippen LogP contribution < -0.4 is 5.73 Å². The highest BCUT2D eigenvalue weighted by Gasteiger charge is 2.23. The molecule has 0 aromatic carbocycles. The Morgan fingerprint density at radius 3 is 2.32 bits per heavy atom. The predicted octanol–water partition coefficient (Wildman–Crippen LogP) is 1.69. The summed E-state index contributed by atoms with van der Waals surface area (Å²) in [6, 6.07) is 0.189. The number of hydrogen-bond acceptors (Lipinski definition) is 3. The van der Waals surface area contributed by atoms with E-state index in [0.29, 0.717) is 13.0 Å². The fraction of sp³-hybridized carbons (Fsp3) is 0.933. The summed E-state index contributed by atoms with van der Waals surface area (Å²) in [6.45, 7) is 7.30. The third kappa shape index (κ3) is 5.11. The Morgan fingerprint density at radius 1 is 1.26 bits per heavy atom. The molecule has 0 aliphatic heterocycles. The monoisotopic (exact) mass is 269 g/mol. The molecule has 0 radical (unpaired) electrons. The van der Waals surface area contributed by atoms with Gasteiger partial charge in [0.2, 0.25) is 5.91 Å². The molecule has 4 nitrogen and oxygen atoms in total. The molecular formula is C15H31N3O. The van der Waals surface area contributed by atoms with Gasteiger partial charge in [-0.15, -0.1) is 0 Å². The molecule has 1 atom stereocenters. The quantitative estimate of drug-likeness (QED) is 0.729. The maximum atomic E-state index is 12.2. The molecule has 0 saturated heterocycles. The van der Waals surface area contributed by atoms with Crippen molar-refractivity contribution in [3.05, 3.63) is 0 Å². The first-order valence-corrected chi connectivity index (χ1v) is 7.80. The van der Waals surface area contributed by atoms with Crippen molar-refractivity contribution in [2.75, 3.05) is 33.2 Å². The van der Waals surface area contributed by atoms with Gasteiger partial charge in [0.25, 0.3) is 0 Å². The zero-order valence-electron chi connectivity index (χ0n) is 12.9. The van der Waals surface area contributed by atoms with Gasteiger partial charge in [0, 0.05) is 38.6 Å². The second-order valence-electron chi connectivity index (χ2n) is 5.75. The summed E-state index contributed by atoms with van der Waals surface area (Å²) in [7, 11) is 2.12. The van der Waals surface area contributed by atoms with Gasteiger partial charge in [-0.3, -0.25) is 4.79 Å². The Balaban J connectivity index is 2.44. The van der Waals surface area contributed by atoms with Crippen LogP contribution in [0, 0.1) is 5.92 Å². The van der Waals surface area contributed by atoms with Gasteiger partial charge in [-0.05, 0) is 39.7 Å². The Labute approximate surface area is 118 Å². The highest BCUT2D eigenvalue weighted by atomic mass is 16.2. The lowest BCUT2D eigenvalue weighted by Crippen LogP contribution is -2.44. The smallest absolute Gasteiger partial charge is 0.224 e. The summed E-state index contributed by atoms with van der Waals surface area (Å²) in [4.78, 5) is 16.4. The maximum Gasteiger partial charge on any atom is 0.224 e. The van der Waals surface area contributed by atoms with E-state index in [9.17, 15) is 4.79 Å². The molecule has 0 spiro atoms. The van der Waals surface area contributed by atoms with Gasteiger partial charge in [-0.25, -0.2) is 0 Å². The van der Waals surface area contributed by atoms with E-state index in [0.717, 1.165) is 25.6 Å². The van der Waals surface area contributed by atoms with E-state index in [1.165, 1.54) is 25.7 Å². The standard InChI is InChI=1S/C15H31N3O/c1-4-18(5-2)15(19)10-14(11-16)17(3)12-13-8-6-7-9-13/h13-14H,4-12,16H2,1-3H3. The van der Waals surface area contributed by atoms with Crippen LogP contribution in [0.1, 0.15) is 46.0 Å². The van der Waals surface area contributed by atoms with E-state index in [1.807, 2.05) is 18.7 Å². The summed E-state index contributed by atoms with van der Waals surface area (Å²) < 4.78 is 0. The van der Waals surface area contributed by atoms with E-state index < -0.39 is 0 Å². The molecule has 1 amide bonds. The summed E-state index contributed by atoms with van der Waals surface area (Å²) in [5.41, 5.74) is 5.87. The minimum absolute atomic E-state index is 0.189. The predicted molar refractivity (Wildman–Crippen MR) is 80.0 cm³/mol. The largest absolute Gasteiger partial charge is 0.343 e. The molecule has 4 heteroatoms. The van der Waals surface area contributed by atoms with E-state index in [1.54, 1.807) is 0 Å². The summed E-state index contributed by atoms with van der Waals surface area (Å²) in [6.07, 6.45) is 5.97.